The largest absolute Gasteiger partial charge is 0.506 e. The maximum Gasteiger partial charge on any atom is 0.420 e. The molecule has 0 fully saturated rings. The fourth-order valence-corrected chi connectivity index (χ4v) is 1.90. The summed E-state index contributed by atoms with van der Waals surface area (Å²) >= 11 is 0. The zero-order valence-corrected chi connectivity index (χ0v) is 12.0. The van der Waals surface area contributed by atoms with E-state index in [1.807, 2.05) is 0 Å². The summed E-state index contributed by atoms with van der Waals surface area (Å²) in [5.74, 6) is -3.97. The Morgan fingerprint density at radius 1 is 0.680 bits per heavy atom. The average Bonchev–Trinajstić information content (AvgIpc) is 2.43. The molecule has 0 atom stereocenters. The standard InChI is InChI=1S/C14H10F6N2O3/c15-13(16,17)5-1-9(23)7(21)3-11(5)25-12-4-8(22)10(24)2-6(12)14(18,19)20/h1-4,23-24H,21-22H2. The van der Waals surface area contributed by atoms with Crippen molar-refractivity contribution in [1.82, 2.24) is 0 Å². The first kappa shape index (κ1) is 18.4. The molecule has 0 bridgehead atoms. The minimum Gasteiger partial charge on any atom is -0.506 e. The third-order valence-electron chi connectivity index (χ3n) is 3.09. The smallest absolute Gasteiger partial charge is 0.420 e. The van der Waals surface area contributed by atoms with E-state index in [0.717, 1.165) is 0 Å². The van der Waals surface area contributed by atoms with Crippen LogP contribution in [0.2, 0.25) is 0 Å². The maximum absolute atomic E-state index is 13.0. The molecule has 0 unspecified atom stereocenters. The number of nitrogens with two attached hydrogens (primary N) is 2. The Morgan fingerprint density at radius 3 is 1.28 bits per heavy atom. The summed E-state index contributed by atoms with van der Waals surface area (Å²) in [5, 5.41) is 18.6. The molecule has 0 saturated heterocycles. The fourth-order valence-electron chi connectivity index (χ4n) is 1.90. The van der Waals surface area contributed by atoms with E-state index in [1.165, 1.54) is 0 Å². The lowest BCUT2D eigenvalue weighted by atomic mass is 10.1. The van der Waals surface area contributed by atoms with E-state index >= 15 is 0 Å². The van der Waals surface area contributed by atoms with Crippen LogP contribution in [0.3, 0.4) is 0 Å². The Balaban J connectivity index is 2.65. The lowest BCUT2D eigenvalue weighted by Gasteiger charge is -2.18. The summed E-state index contributed by atoms with van der Waals surface area (Å²) in [6.45, 7) is 0. The van der Waals surface area contributed by atoms with Gasteiger partial charge in [0.2, 0.25) is 0 Å². The van der Waals surface area contributed by atoms with Crippen molar-refractivity contribution in [2.45, 2.75) is 12.4 Å². The number of halogens is 6. The number of anilines is 2. The lowest BCUT2D eigenvalue weighted by molar-refractivity contribution is -0.139. The van der Waals surface area contributed by atoms with Gasteiger partial charge in [-0.3, -0.25) is 0 Å². The van der Waals surface area contributed by atoms with Crippen LogP contribution in [0.25, 0.3) is 0 Å². The molecule has 0 saturated carbocycles. The van der Waals surface area contributed by atoms with E-state index in [1.54, 1.807) is 0 Å². The summed E-state index contributed by atoms with van der Waals surface area (Å²) in [6.07, 6.45) is -10.1. The number of alkyl halides is 6. The number of nitrogen functional groups attached to an aromatic ring is 2. The fraction of sp³-hybridized carbons (Fsp3) is 0.143. The van der Waals surface area contributed by atoms with Gasteiger partial charge in [-0.2, -0.15) is 26.3 Å². The van der Waals surface area contributed by atoms with Gasteiger partial charge in [0.15, 0.2) is 0 Å². The topological polar surface area (TPSA) is 102 Å². The molecule has 5 nitrogen and oxygen atoms in total. The molecule has 0 spiro atoms. The van der Waals surface area contributed by atoms with Crippen molar-refractivity contribution in [3.05, 3.63) is 35.4 Å². The molecule has 0 aliphatic carbocycles. The second-order valence-corrected chi connectivity index (χ2v) is 4.91. The Morgan fingerprint density at radius 2 is 1.00 bits per heavy atom. The quantitative estimate of drug-likeness (QED) is 0.363. The molecule has 2 rings (SSSR count). The number of hydrogen-bond donors (Lipinski definition) is 4. The predicted octanol–water partition coefficient (Wildman–Crippen LogP) is 4.09. The van der Waals surface area contributed by atoms with Crippen LogP contribution in [0.5, 0.6) is 23.0 Å². The van der Waals surface area contributed by atoms with Gasteiger partial charge in [0, 0.05) is 12.1 Å². The van der Waals surface area contributed by atoms with Gasteiger partial charge in [0.1, 0.15) is 34.1 Å². The van der Waals surface area contributed by atoms with E-state index in [0.29, 0.717) is 12.1 Å². The molecule has 0 aromatic heterocycles. The Labute approximate surface area is 136 Å². The third-order valence-corrected chi connectivity index (χ3v) is 3.09. The van der Waals surface area contributed by atoms with E-state index < -0.39 is 57.9 Å². The second kappa shape index (κ2) is 5.83. The van der Waals surface area contributed by atoms with Crippen molar-refractivity contribution in [2.24, 2.45) is 0 Å². The molecule has 0 radical (unpaired) electrons. The van der Waals surface area contributed by atoms with Crippen LogP contribution < -0.4 is 16.2 Å². The monoisotopic (exact) mass is 368 g/mol. The number of rotatable bonds is 2. The van der Waals surface area contributed by atoms with E-state index in [9.17, 15) is 36.6 Å². The van der Waals surface area contributed by atoms with Gasteiger partial charge in [-0.05, 0) is 12.1 Å². The van der Waals surface area contributed by atoms with Crippen LogP contribution in [-0.4, -0.2) is 10.2 Å². The van der Waals surface area contributed by atoms with Crippen molar-refractivity contribution in [3.8, 4) is 23.0 Å². The average molecular weight is 368 g/mol. The highest BCUT2D eigenvalue weighted by Crippen LogP contribution is 2.46. The number of phenolic OH excluding ortho intramolecular Hbond substituents is 2. The normalized spacial score (nSPS) is 12.2. The zero-order valence-electron chi connectivity index (χ0n) is 12.0. The number of ether oxygens (including phenoxy) is 1. The first-order valence-electron chi connectivity index (χ1n) is 6.38. The zero-order chi connectivity index (χ0) is 19.2. The highest BCUT2D eigenvalue weighted by Gasteiger charge is 2.38. The lowest BCUT2D eigenvalue weighted by Crippen LogP contribution is -2.11. The van der Waals surface area contributed by atoms with Crippen molar-refractivity contribution in [2.75, 3.05) is 11.5 Å². The summed E-state index contributed by atoms with van der Waals surface area (Å²) in [6, 6.07) is 1.51. The number of benzene rings is 2. The molecule has 0 amide bonds. The van der Waals surface area contributed by atoms with E-state index in [2.05, 4.69) is 0 Å². The Bertz CT molecular complexity index is 750. The third kappa shape index (κ3) is 3.75. The van der Waals surface area contributed by atoms with Crippen LogP contribution in [0, 0.1) is 0 Å². The van der Waals surface area contributed by atoms with Gasteiger partial charge >= 0.3 is 12.4 Å². The molecule has 25 heavy (non-hydrogen) atoms. The highest BCUT2D eigenvalue weighted by molar-refractivity contribution is 5.63. The SMILES string of the molecule is Nc1cc(Oc2cc(N)c(O)cc2C(F)(F)F)c(C(F)(F)F)cc1O. The van der Waals surface area contributed by atoms with Crippen molar-refractivity contribution in [3.63, 3.8) is 0 Å². The minimum absolute atomic E-state index is 0.224. The molecule has 136 valence electrons. The molecule has 0 aliphatic heterocycles. The van der Waals surface area contributed by atoms with Gasteiger partial charge in [0.25, 0.3) is 0 Å². The van der Waals surface area contributed by atoms with Crippen LogP contribution in [0.1, 0.15) is 11.1 Å². The molecule has 0 aliphatic rings. The van der Waals surface area contributed by atoms with Gasteiger partial charge in [0.05, 0.1) is 11.4 Å². The summed E-state index contributed by atoms with van der Waals surface area (Å²) < 4.78 is 82.9. The second-order valence-electron chi connectivity index (χ2n) is 4.91. The maximum atomic E-state index is 13.0. The van der Waals surface area contributed by atoms with E-state index in [4.69, 9.17) is 16.2 Å². The van der Waals surface area contributed by atoms with Gasteiger partial charge in [-0.1, -0.05) is 0 Å². The predicted molar refractivity (Wildman–Crippen MR) is 75.1 cm³/mol. The molecule has 6 N–H and O–H groups in total. The first-order chi connectivity index (χ1) is 11.3. The Kier molecular flexibility index (Phi) is 4.28. The van der Waals surface area contributed by atoms with Crippen molar-refractivity contribution in [1.29, 1.82) is 0 Å². The molecular formula is C14H10F6N2O3. The number of aromatic hydroxyl groups is 2. The minimum atomic E-state index is -5.04. The summed E-state index contributed by atoms with van der Waals surface area (Å²) in [5.41, 5.74) is 6.40. The van der Waals surface area contributed by atoms with Gasteiger partial charge < -0.3 is 26.4 Å². The molecule has 2 aromatic rings. The molecule has 11 heteroatoms. The Hall–Kier alpha value is -2.98. The van der Waals surface area contributed by atoms with Crippen molar-refractivity contribution < 1.29 is 41.3 Å². The van der Waals surface area contributed by atoms with Crippen LogP contribution >= 0.6 is 0 Å². The van der Waals surface area contributed by atoms with Crippen LogP contribution in [-0.2, 0) is 12.4 Å². The highest BCUT2D eigenvalue weighted by atomic mass is 19.4. The summed E-state index contributed by atoms with van der Waals surface area (Å²) in [4.78, 5) is 0. The molecule has 0 heterocycles. The van der Waals surface area contributed by atoms with E-state index in [-0.39, 0.29) is 12.1 Å². The van der Waals surface area contributed by atoms with Gasteiger partial charge in [-0.25, -0.2) is 0 Å². The molecular weight excluding hydrogens is 358 g/mol. The number of phenols is 2. The number of hydrogen-bond acceptors (Lipinski definition) is 5. The van der Waals surface area contributed by atoms with Crippen molar-refractivity contribution >= 4 is 11.4 Å². The first-order valence-corrected chi connectivity index (χ1v) is 6.38. The summed E-state index contributed by atoms with van der Waals surface area (Å²) in [7, 11) is 0. The van der Waals surface area contributed by atoms with Crippen LogP contribution in [0.4, 0.5) is 37.7 Å². The van der Waals surface area contributed by atoms with Crippen LogP contribution in [0.15, 0.2) is 24.3 Å². The van der Waals surface area contributed by atoms with Gasteiger partial charge in [-0.15, -0.1) is 0 Å². The molecule has 2 aromatic carbocycles.